The number of hydrogen-bond acceptors (Lipinski definition) is 6. The van der Waals surface area contributed by atoms with Crippen molar-refractivity contribution in [2.24, 2.45) is 0 Å². The number of carbonyl (C=O) groups excluding carboxylic acids is 1. The van der Waals surface area contributed by atoms with Crippen LogP contribution in [0.2, 0.25) is 0 Å². The molecule has 0 saturated carbocycles. The van der Waals surface area contributed by atoms with Crippen LogP contribution in [0.1, 0.15) is 40.7 Å². The van der Waals surface area contributed by atoms with Gasteiger partial charge in [0.25, 0.3) is 0 Å². The van der Waals surface area contributed by atoms with E-state index in [1.54, 1.807) is 7.11 Å². The number of nitrogens with zero attached hydrogens (tertiary/aromatic N) is 2. The lowest BCUT2D eigenvalue weighted by Gasteiger charge is -2.11. The molecular formula is C31H32N2O6. The average Bonchev–Trinajstić information content (AvgIpc) is 3.38. The summed E-state index contributed by atoms with van der Waals surface area (Å²) in [5.74, 6) is 0.603. The number of imidazole rings is 1. The van der Waals surface area contributed by atoms with Gasteiger partial charge >= 0.3 is 5.97 Å². The summed E-state index contributed by atoms with van der Waals surface area (Å²) in [4.78, 5) is 29.0. The molecule has 0 fully saturated rings. The zero-order chi connectivity index (χ0) is 27.8. The zero-order valence-electron chi connectivity index (χ0n) is 22.3. The topological polar surface area (TPSA) is 99.9 Å². The second-order valence-corrected chi connectivity index (χ2v) is 9.18. The van der Waals surface area contributed by atoms with Crippen molar-refractivity contribution in [3.05, 3.63) is 102 Å². The molecule has 8 heteroatoms. The molecule has 8 nitrogen and oxygen atoms in total. The Hall–Kier alpha value is -4.43. The van der Waals surface area contributed by atoms with Crippen molar-refractivity contribution in [2.45, 2.75) is 39.5 Å². The number of rotatable bonds is 13. The van der Waals surface area contributed by atoms with Gasteiger partial charge in [0.15, 0.2) is 11.9 Å². The number of benzene rings is 3. The van der Waals surface area contributed by atoms with E-state index in [4.69, 9.17) is 24.3 Å². The summed E-state index contributed by atoms with van der Waals surface area (Å²) in [7, 11) is 1.61. The standard InChI is InChI=1S/C31H32N2O6/c1-21-9-13-24(14-10-21)29(34)30-32-27(26-7-4-5-8-28(26)37-3)19-33(30)17-6-18-38-25-15-11-23(12-16-25)20-39-22(2)31(35)36/h4-5,7-16,19,22H,6,17-18,20H2,1-3H3,(H,35,36)/t22-/m1/s1. The van der Waals surface area contributed by atoms with Crippen LogP contribution in [0.3, 0.4) is 0 Å². The summed E-state index contributed by atoms with van der Waals surface area (Å²) in [5.41, 5.74) is 4.00. The normalized spacial score (nSPS) is 11.7. The van der Waals surface area contributed by atoms with Crippen molar-refractivity contribution in [2.75, 3.05) is 13.7 Å². The summed E-state index contributed by atoms with van der Waals surface area (Å²) in [6.07, 6.45) is 1.67. The largest absolute Gasteiger partial charge is 0.496 e. The quantitative estimate of drug-likeness (QED) is 0.179. The number of carboxylic acid groups (broad SMARTS) is 1. The number of ketones is 1. The molecule has 39 heavy (non-hydrogen) atoms. The Morgan fingerprint density at radius 2 is 1.72 bits per heavy atom. The number of aliphatic carboxylic acids is 1. The Morgan fingerprint density at radius 3 is 2.41 bits per heavy atom. The minimum Gasteiger partial charge on any atom is -0.496 e. The van der Waals surface area contributed by atoms with Crippen molar-refractivity contribution < 1.29 is 28.9 Å². The molecule has 3 aromatic carbocycles. The van der Waals surface area contributed by atoms with Crippen LogP contribution in [0.5, 0.6) is 11.5 Å². The van der Waals surface area contributed by atoms with E-state index in [0.717, 1.165) is 16.7 Å². The number of aromatic nitrogens is 2. The Morgan fingerprint density at radius 1 is 1.00 bits per heavy atom. The molecule has 1 atom stereocenters. The highest BCUT2D eigenvalue weighted by atomic mass is 16.5. The highest BCUT2D eigenvalue weighted by Gasteiger charge is 2.20. The third-order valence-corrected chi connectivity index (χ3v) is 6.26. The van der Waals surface area contributed by atoms with E-state index < -0.39 is 12.1 Å². The lowest BCUT2D eigenvalue weighted by Crippen LogP contribution is -2.19. The number of para-hydroxylation sites is 1. The van der Waals surface area contributed by atoms with E-state index in [0.29, 0.717) is 48.2 Å². The zero-order valence-corrected chi connectivity index (χ0v) is 22.3. The maximum absolute atomic E-state index is 13.4. The fourth-order valence-corrected chi connectivity index (χ4v) is 3.99. The molecule has 0 aliphatic carbocycles. The minimum atomic E-state index is -0.994. The number of aryl methyl sites for hydroxylation is 2. The second kappa shape index (κ2) is 12.9. The molecule has 0 saturated heterocycles. The second-order valence-electron chi connectivity index (χ2n) is 9.18. The highest BCUT2D eigenvalue weighted by Crippen LogP contribution is 2.29. The van der Waals surface area contributed by atoms with Gasteiger partial charge in [-0.05, 0) is 50.1 Å². The van der Waals surface area contributed by atoms with Crippen LogP contribution in [0, 0.1) is 6.92 Å². The fraction of sp³-hybridized carbons (Fsp3) is 0.258. The van der Waals surface area contributed by atoms with Crippen LogP contribution < -0.4 is 9.47 Å². The summed E-state index contributed by atoms with van der Waals surface area (Å²) in [6.45, 7) is 4.66. The molecule has 0 amide bonds. The van der Waals surface area contributed by atoms with Crippen molar-refractivity contribution in [1.82, 2.24) is 9.55 Å². The van der Waals surface area contributed by atoms with Crippen LogP contribution in [0.25, 0.3) is 11.3 Å². The van der Waals surface area contributed by atoms with Gasteiger partial charge in [-0.25, -0.2) is 9.78 Å². The molecule has 4 aromatic rings. The van der Waals surface area contributed by atoms with Gasteiger partial charge in [-0.2, -0.15) is 0 Å². The molecule has 4 rings (SSSR count). The summed E-state index contributed by atoms with van der Waals surface area (Å²) >= 11 is 0. The minimum absolute atomic E-state index is 0.146. The highest BCUT2D eigenvalue weighted by molar-refractivity contribution is 6.07. The maximum atomic E-state index is 13.4. The summed E-state index contributed by atoms with van der Waals surface area (Å²) in [6, 6.07) is 22.4. The number of methoxy groups -OCH3 is 1. The molecule has 0 radical (unpaired) electrons. The van der Waals surface area contributed by atoms with Crippen molar-refractivity contribution in [1.29, 1.82) is 0 Å². The third-order valence-electron chi connectivity index (χ3n) is 6.26. The lowest BCUT2D eigenvalue weighted by atomic mass is 10.1. The number of carboxylic acids is 1. The van der Waals surface area contributed by atoms with Crippen LogP contribution >= 0.6 is 0 Å². The van der Waals surface area contributed by atoms with Gasteiger partial charge in [0, 0.05) is 23.9 Å². The number of hydrogen-bond donors (Lipinski definition) is 1. The first-order chi connectivity index (χ1) is 18.9. The van der Waals surface area contributed by atoms with Gasteiger partial charge in [0.1, 0.15) is 11.5 Å². The molecule has 0 aliphatic rings. The molecule has 0 spiro atoms. The van der Waals surface area contributed by atoms with Gasteiger partial charge in [-0.15, -0.1) is 0 Å². The number of ether oxygens (including phenoxy) is 3. The monoisotopic (exact) mass is 528 g/mol. The first-order valence-electron chi connectivity index (χ1n) is 12.7. The van der Waals surface area contributed by atoms with Crippen LogP contribution in [-0.2, 0) is 22.7 Å². The van der Waals surface area contributed by atoms with Gasteiger partial charge in [0.2, 0.25) is 5.78 Å². The van der Waals surface area contributed by atoms with E-state index in [-0.39, 0.29) is 12.4 Å². The summed E-state index contributed by atoms with van der Waals surface area (Å²) < 4.78 is 18.6. The molecule has 202 valence electrons. The predicted octanol–water partition coefficient (Wildman–Crippen LogP) is 5.56. The Bertz CT molecular complexity index is 1410. The van der Waals surface area contributed by atoms with E-state index >= 15 is 0 Å². The Labute approximate surface area is 227 Å². The SMILES string of the molecule is COc1ccccc1-c1cn(CCCOc2ccc(CO[C@H](C)C(=O)O)cc2)c(C(=O)c2ccc(C)cc2)n1. The molecule has 0 bridgehead atoms. The Kier molecular flexibility index (Phi) is 9.12. The van der Waals surface area contributed by atoms with Gasteiger partial charge in [-0.1, -0.05) is 54.1 Å². The molecular weight excluding hydrogens is 496 g/mol. The summed E-state index contributed by atoms with van der Waals surface area (Å²) in [5, 5.41) is 8.93. The van der Waals surface area contributed by atoms with Gasteiger partial charge in [0.05, 0.1) is 26.0 Å². The first kappa shape index (κ1) is 27.6. The van der Waals surface area contributed by atoms with Crippen molar-refractivity contribution in [3.8, 4) is 22.8 Å². The van der Waals surface area contributed by atoms with Crippen LogP contribution in [-0.4, -0.2) is 46.2 Å². The van der Waals surface area contributed by atoms with E-state index in [2.05, 4.69) is 0 Å². The van der Waals surface area contributed by atoms with E-state index in [1.807, 2.05) is 90.5 Å². The van der Waals surface area contributed by atoms with Gasteiger partial charge < -0.3 is 23.9 Å². The molecule has 1 aromatic heterocycles. The van der Waals surface area contributed by atoms with E-state index in [1.165, 1.54) is 6.92 Å². The molecule has 1 heterocycles. The van der Waals surface area contributed by atoms with Crippen molar-refractivity contribution >= 4 is 11.8 Å². The molecule has 1 N–H and O–H groups in total. The average molecular weight is 529 g/mol. The predicted molar refractivity (Wildman–Crippen MR) is 147 cm³/mol. The van der Waals surface area contributed by atoms with Gasteiger partial charge in [-0.3, -0.25) is 4.79 Å². The third kappa shape index (κ3) is 7.12. The van der Waals surface area contributed by atoms with Crippen LogP contribution in [0.15, 0.2) is 79.0 Å². The molecule has 0 aliphatic heterocycles. The van der Waals surface area contributed by atoms with E-state index in [9.17, 15) is 9.59 Å². The Balaban J connectivity index is 1.44. The van der Waals surface area contributed by atoms with Crippen molar-refractivity contribution in [3.63, 3.8) is 0 Å². The maximum Gasteiger partial charge on any atom is 0.332 e. The molecule has 0 unspecified atom stereocenters. The lowest BCUT2D eigenvalue weighted by molar-refractivity contribution is -0.149. The first-order valence-corrected chi connectivity index (χ1v) is 12.7. The fourth-order valence-electron chi connectivity index (χ4n) is 3.99. The smallest absolute Gasteiger partial charge is 0.332 e. The number of carbonyl (C=O) groups is 2. The van der Waals surface area contributed by atoms with Crippen LogP contribution in [0.4, 0.5) is 0 Å².